The van der Waals surface area contributed by atoms with Crippen LogP contribution in [-0.2, 0) is 4.79 Å². The molecule has 1 aliphatic rings. The molecule has 4 heterocycles. The van der Waals surface area contributed by atoms with Gasteiger partial charge in [0.1, 0.15) is 11.8 Å². The number of rotatable bonds is 7. The SMILES string of the molecule is CCC(=O)Nc1ccc(N2C(=S)N[C@@H](c3ccccn3)[C@H]2c2cccn2-c2ccncc2)cc1OC. The van der Waals surface area contributed by atoms with E-state index >= 15 is 0 Å². The summed E-state index contributed by atoms with van der Waals surface area (Å²) in [4.78, 5) is 22.9. The van der Waals surface area contributed by atoms with Crippen LogP contribution >= 0.6 is 12.2 Å². The fourth-order valence-electron chi connectivity index (χ4n) is 4.48. The van der Waals surface area contributed by atoms with Crippen molar-refractivity contribution in [3.05, 3.63) is 96.8 Å². The van der Waals surface area contributed by atoms with Crippen molar-refractivity contribution in [3.8, 4) is 11.4 Å². The predicted octanol–water partition coefficient (Wildman–Crippen LogP) is 4.80. The van der Waals surface area contributed by atoms with Crippen LogP contribution in [0.1, 0.15) is 36.8 Å². The third-order valence-electron chi connectivity index (χ3n) is 6.18. The van der Waals surface area contributed by atoms with Crippen molar-refractivity contribution in [2.45, 2.75) is 25.4 Å². The quantitative estimate of drug-likeness (QED) is 0.354. The number of carbonyl (C=O) groups excluding carboxylic acids is 1. The molecule has 4 aromatic rings. The van der Waals surface area contributed by atoms with Crippen LogP contribution in [0.3, 0.4) is 0 Å². The van der Waals surface area contributed by atoms with Crippen molar-refractivity contribution in [1.82, 2.24) is 19.9 Å². The predicted molar refractivity (Wildman–Crippen MR) is 143 cm³/mol. The molecule has 2 atom stereocenters. The molecule has 182 valence electrons. The molecule has 1 saturated heterocycles. The Morgan fingerprint density at radius 3 is 2.64 bits per heavy atom. The summed E-state index contributed by atoms with van der Waals surface area (Å²) in [6, 6.07) is 19.2. The molecule has 3 aromatic heterocycles. The van der Waals surface area contributed by atoms with Crippen LogP contribution in [0.15, 0.2) is 85.5 Å². The Hall–Kier alpha value is -4.24. The summed E-state index contributed by atoms with van der Waals surface area (Å²) in [6.45, 7) is 1.81. The summed E-state index contributed by atoms with van der Waals surface area (Å²) < 4.78 is 7.76. The number of nitrogens with zero attached hydrogens (tertiary/aromatic N) is 4. The molecule has 9 heteroatoms. The van der Waals surface area contributed by atoms with E-state index in [0.29, 0.717) is 23.0 Å². The Labute approximate surface area is 215 Å². The van der Waals surface area contributed by atoms with Crippen LogP contribution < -0.4 is 20.3 Å². The van der Waals surface area contributed by atoms with Gasteiger partial charge in [-0.25, -0.2) is 0 Å². The van der Waals surface area contributed by atoms with Gasteiger partial charge in [0.05, 0.1) is 24.5 Å². The Balaban J connectivity index is 1.62. The second-order valence-corrected chi connectivity index (χ2v) is 8.68. The largest absolute Gasteiger partial charge is 0.494 e. The number of thiocarbonyl (C=S) groups is 1. The highest BCUT2D eigenvalue weighted by atomic mass is 32.1. The molecule has 0 spiro atoms. The van der Waals surface area contributed by atoms with E-state index in [9.17, 15) is 4.79 Å². The zero-order chi connectivity index (χ0) is 25.1. The lowest BCUT2D eigenvalue weighted by molar-refractivity contribution is -0.115. The highest BCUT2D eigenvalue weighted by Crippen LogP contribution is 2.43. The average Bonchev–Trinajstić information content (AvgIpc) is 3.54. The van der Waals surface area contributed by atoms with Gasteiger partial charge >= 0.3 is 0 Å². The molecule has 0 radical (unpaired) electrons. The van der Waals surface area contributed by atoms with Gasteiger partial charge in [0.25, 0.3) is 0 Å². The van der Waals surface area contributed by atoms with E-state index in [1.165, 1.54) is 0 Å². The fourth-order valence-corrected chi connectivity index (χ4v) is 4.83. The summed E-state index contributed by atoms with van der Waals surface area (Å²) in [5.41, 5.74) is 4.37. The van der Waals surface area contributed by atoms with Crippen LogP contribution in [-0.4, -0.2) is 32.7 Å². The number of anilines is 2. The van der Waals surface area contributed by atoms with E-state index in [4.69, 9.17) is 17.0 Å². The molecule has 0 saturated carbocycles. The lowest BCUT2D eigenvalue weighted by atomic mass is 10.0. The summed E-state index contributed by atoms with van der Waals surface area (Å²) in [5, 5.41) is 6.96. The van der Waals surface area contributed by atoms with Gasteiger partial charge in [-0.1, -0.05) is 13.0 Å². The van der Waals surface area contributed by atoms with Gasteiger partial charge in [-0.05, 0) is 60.7 Å². The van der Waals surface area contributed by atoms with Gasteiger partial charge in [-0.2, -0.15) is 0 Å². The monoisotopic (exact) mass is 498 g/mol. The Bertz CT molecular complexity index is 1380. The number of pyridine rings is 2. The molecule has 0 bridgehead atoms. The second kappa shape index (κ2) is 10.2. The minimum atomic E-state index is -0.212. The van der Waals surface area contributed by atoms with E-state index in [1.807, 2.05) is 67.7 Å². The van der Waals surface area contributed by atoms with Crippen LogP contribution in [0.5, 0.6) is 5.75 Å². The number of benzene rings is 1. The fraction of sp³-hybridized carbons (Fsp3) is 0.185. The number of hydrogen-bond acceptors (Lipinski definition) is 5. The van der Waals surface area contributed by atoms with E-state index in [2.05, 4.69) is 36.1 Å². The number of hydrogen-bond donors (Lipinski definition) is 2. The molecule has 1 amide bonds. The lowest BCUT2D eigenvalue weighted by Crippen LogP contribution is -2.30. The first-order chi connectivity index (χ1) is 17.6. The van der Waals surface area contributed by atoms with E-state index in [-0.39, 0.29) is 18.0 Å². The number of aromatic nitrogens is 3. The first kappa shape index (κ1) is 23.5. The number of nitrogens with one attached hydrogen (secondary N) is 2. The zero-order valence-corrected chi connectivity index (χ0v) is 20.8. The van der Waals surface area contributed by atoms with E-state index < -0.39 is 0 Å². The van der Waals surface area contributed by atoms with Gasteiger partial charge < -0.3 is 24.8 Å². The van der Waals surface area contributed by atoms with Crippen LogP contribution in [0.25, 0.3) is 5.69 Å². The van der Waals surface area contributed by atoms with Crippen LogP contribution in [0.2, 0.25) is 0 Å². The topological polar surface area (TPSA) is 84.3 Å². The third-order valence-corrected chi connectivity index (χ3v) is 6.50. The number of amides is 1. The number of carbonyl (C=O) groups is 1. The van der Waals surface area contributed by atoms with Gasteiger partial charge in [0.15, 0.2) is 5.11 Å². The highest BCUT2D eigenvalue weighted by Gasteiger charge is 2.42. The van der Waals surface area contributed by atoms with Crippen molar-refractivity contribution in [3.63, 3.8) is 0 Å². The van der Waals surface area contributed by atoms with E-state index in [0.717, 1.165) is 22.8 Å². The molecule has 36 heavy (non-hydrogen) atoms. The molecule has 5 rings (SSSR count). The second-order valence-electron chi connectivity index (χ2n) is 8.29. The van der Waals surface area contributed by atoms with Crippen molar-refractivity contribution in [2.75, 3.05) is 17.3 Å². The molecule has 1 aliphatic heterocycles. The van der Waals surface area contributed by atoms with Gasteiger partial charge in [0, 0.05) is 54.3 Å². The minimum Gasteiger partial charge on any atom is -0.494 e. The Morgan fingerprint density at radius 1 is 1.08 bits per heavy atom. The minimum absolute atomic E-state index is 0.0809. The number of methoxy groups -OCH3 is 1. The zero-order valence-electron chi connectivity index (χ0n) is 20.0. The first-order valence-corrected chi connectivity index (χ1v) is 12.1. The third kappa shape index (κ3) is 4.40. The molecular weight excluding hydrogens is 472 g/mol. The van der Waals surface area contributed by atoms with E-state index in [1.54, 1.807) is 25.7 Å². The average molecular weight is 499 g/mol. The van der Waals surface area contributed by atoms with Crippen molar-refractivity contribution in [2.24, 2.45) is 0 Å². The molecule has 8 nitrogen and oxygen atoms in total. The summed E-state index contributed by atoms with van der Waals surface area (Å²) in [6.07, 6.45) is 7.75. The lowest BCUT2D eigenvalue weighted by Gasteiger charge is -2.29. The van der Waals surface area contributed by atoms with Crippen molar-refractivity contribution in [1.29, 1.82) is 0 Å². The maximum atomic E-state index is 12.0. The van der Waals surface area contributed by atoms with Crippen LogP contribution in [0, 0.1) is 0 Å². The summed E-state index contributed by atoms with van der Waals surface area (Å²) >= 11 is 5.87. The highest BCUT2D eigenvalue weighted by molar-refractivity contribution is 7.80. The van der Waals surface area contributed by atoms with Gasteiger partial charge in [-0.15, -0.1) is 0 Å². The summed E-state index contributed by atoms with van der Waals surface area (Å²) in [5.74, 6) is 0.476. The standard InChI is InChI=1S/C27H26N6O2S/c1-3-24(34)30-20-10-9-19(17-23(20)35-2)33-26(25(31-27(33)36)21-7-4-5-13-29-21)22-8-6-16-32(22)18-11-14-28-15-12-18/h4-17,25-26H,3H2,1-2H3,(H,30,34)(H,31,36)/t25-,26+/m0/s1. The van der Waals surface area contributed by atoms with Crippen molar-refractivity contribution >= 4 is 34.6 Å². The first-order valence-electron chi connectivity index (χ1n) is 11.7. The number of ether oxygens (including phenoxy) is 1. The molecular formula is C27H26N6O2S. The molecule has 0 aliphatic carbocycles. The van der Waals surface area contributed by atoms with Gasteiger partial charge in [-0.3, -0.25) is 14.8 Å². The molecule has 1 aromatic carbocycles. The molecule has 2 N–H and O–H groups in total. The maximum Gasteiger partial charge on any atom is 0.224 e. The Kier molecular flexibility index (Phi) is 6.64. The smallest absolute Gasteiger partial charge is 0.224 e. The normalized spacial score (nSPS) is 17.1. The van der Waals surface area contributed by atoms with Crippen LogP contribution in [0.4, 0.5) is 11.4 Å². The molecule has 1 fully saturated rings. The molecule has 0 unspecified atom stereocenters. The maximum absolute atomic E-state index is 12.0. The van der Waals surface area contributed by atoms with Crippen molar-refractivity contribution < 1.29 is 9.53 Å². The Morgan fingerprint density at radius 2 is 1.92 bits per heavy atom. The summed E-state index contributed by atoms with van der Waals surface area (Å²) in [7, 11) is 1.59. The van der Waals surface area contributed by atoms with Gasteiger partial charge in [0.2, 0.25) is 5.91 Å².